The minimum Gasteiger partial charge on any atom is -0.463 e. The fraction of sp³-hybridized carbons (Fsp3) is 0.231. The van der Waals surface area contributed by atoms with Crippen LogP contribution in [0.15, 0.2) is 59.9 Å². The molecule has 0 saturated carbocycles. The van der Waals surface area contributed by atoms with Gasteiger partial charge >= 0.3 is 0 Å². The first-order valence-electron chi connectivity index (χ1n) is 10.7. The van der Waals surface area contributed by atoms with Crippen molar-refractivity contribution < 1.29 is 9.13 Å². The monoisotopic (exact) mass is 426 g/mol. The molecule has 0 bridgehead atoms. The highest BCUT2D eigenvalue weighted by molar-refractivity contribution is 5.76. The molecule has 0 amide bonds. The molecule has 2 aliphatic heterocycles. The van der Waals surface area contributed by atoms with Gasteiger partial charge in [0.25, 0.3) is 6.02 Å². The van der Waals surface area contributed by atoms with E-state index in [1.165, 1.54) is 12.1 Å². The summed E-state index contributed by atoms with van der Waals surface area (Å²) in [5.74, 6) is -0.266. The molecule has 0 N–H and O–H groups in total. The maximum Gasteiger partial charge on any atom is 0.287 e. The van der Waals surface area contributed by atoms with E-state index in [0.29, 0.717) is 6.61 Å². The number of piperazine rings is 1. The number of halogens is 1. The summed E-state index contributed by atoms with van der Waals surface area (Å²) in [6.45, 7) is 5.00. The summed E-state index contributed by atoms with van der Waals surface area (Å²) in [5.41, 5.74) is 4.48. The van der Waals surface area contributed by atoms with Crippen LogP contribution in [0, 0.1) is 17.9 Å². The van der Waals surface area contributed by atoms with Gasteiger partial charge in [0.1, 0.15) is 12.4 Å². The molecule has 160 valence electrons. The first-order valence-corrected chi connectivity index (χ1v) is 10.7. The molecule has 2 aliphatic rings. The normalized spacial score (nSPS) is 16.1. The second-order valence-corrected chi connectivity index (χ2v) is 7.75. The molecule has 3 aromatic rings. The molecule has 0 radical (unpaired) electrons. The van der Waals surface area contributed by atoms with E-state index in [2.05, 4.69) is 38.0 Å². The zero-order valence-electron chi connectivity index (χ0n) is 17.7. The molecule has 32 heavy (non-hydrogen) atoms. The number of pyridine rings is 1. The van der Waals surface area contributed by atoms with E-state index in [9.17, 15) is 4.39 Å². The van der Waals surface area contributed by atoms with E-state index in [1.54, 1.807) is 12.4 Å². The third kappa shape index (κ3) is 4.57. The van der Waals surface area contributed by atoms with E-state index >= 15 is 0 Å². The number of benzene rings is 1. The number of aliphatic imine (C=N–C) groups is 1. The Morgan fingerprint density at radius 2 is 1.69 bits per heavy atom. The summed E-state index contributed by atoms with van der Waals surface area (Å²) in [4.78, 5) is 12.9. The summed E-state index contributed by atoms with van der Waals surface area (Å²) in [6, 6.07) is 20.1. The minimum absolute atomic E-state index is 0.266. The van der Waals surface area contributed by atoms with Crippen molar-refractivity contribution in [3.05, 3.63) is 83.9 Å². The molecular weight excluding hydrogens is 403 g/mol. The number of rotatable bonds is 4. The Morgan fingerprint density at radius 1 is 0.875 bits per heavy atom. The fourth-order valence-electron chi connectivity index (χ4n) is 3.93. The van der Waals surface area contributed by atoms with Crippen LogP contribution >= 0.6 is 0 Å². The van der Waals surface area contributed by atoms with Gasteiger partial charge in [-0.15, -0.1) is 0 Å². The van der Waals surface area contributed by atoms with Crippen LogP contribution in [-0.4, -0.2) is 55.2 Å². The van der Waals surface area contributed by atoms with Crippen LogP contribution in [0.25, 0.3) is 23.3 Å². The van der Waals surface area contributed by atoms with Crippen molar-refractivity contribution >= 4 is 23.9 Å². The minimum atomic E-state index is -0.266. The highest BCUT2D eigenvalue weighted by atomic mass is 19.1. The average Bonchev–Trinajstić information content (AvgIpc) is 3.39. The van der Waals surface area contributed by atoms with Crippen LogP contribution in [0.1, 0.15) is 11.1 Å². The lowest BCUT2D eigenvalue weighted by Crippen LogP contribution is -2.48. The van der Waals surface area contributed by atoms with Gasteiger partial charge in [-0.05, 0) is 71.3 Å². The Hall–Kier alpha value is -3.85. The summed E-state index contributed by atoms with van der Waals surface area (Å²) >= 11 is 0. The Bertz CT molecular complexity index is 1120. The molecule has 3 heterocycles. The lowest BCUT2D eigenvalue weighted by molar-refractivity contribution is 0.255. The van der Waals surface area contributed by atoms with Crippen LogP contribution in [0.5, 0.6) is 0 Å². The van der Waals surface area contributed by atoms with Crippen molar-refractivity contribution in [2.45, 2.75) is 0 Å². The molecule has 5 rings (SSSR count). The molecule has 0 atom stereocenters. The smallest absolute Gasteiger partial charge is 0.287 e. The molecular formula is C26H23FN4O. The highest BCUT2D eigenvalue weighted by Gasteiger charge is 2.22. The zero-order valence-corrected chi connectivity index (χ0v) is 17.7. The van der Waals surface area contributed by atoms with Crippen LogP contribution in [0.4, 0.5) is 10.1 Å². The second kappa shape index (κ2) is 9.11. The molecule has 2 aromatic carbocycles. The number of hydrogen-bond donors (Lipinski definition) is 0. The molecule has 1 fully saturated rings. The standard InChI is InChI=1S/C26H23FN4O/c27-24-18-21(17-23(19-24)22-7-9-28-10-8-22)2-1-20-3-5-25(6-4-20)30-12-14-31(15-13-30)26-29-11-16-32-26/h1-3,5,7-10,17-19H,11-16H2. The van der Waals surface area contributed by atoms with Crippen LogP contribution in [-0.2, 0) is 4.74 Å². The topological polar surface area (TPSA) is 41.0 Å². The van der Waals surface area contributed by atoms with Crippen molar-refractivity contribution in [1.29, 1.82) is 0 Å². The van der Waals surface area contributed by atoms with Crippen LogP contribution < -0.4 is 4.90 Å². The quantitative estimate of drug-likeness (QED) is 0.628. The Morgan fingerprint density at radius 3 is 2.41 bits per heavy atom. The summed E-state index contributed by atoms with van der Waals surface area (Å²) in [6.07, 6.45) is 7.24. The van der Waals surface area contributed by atoms with Gasteiger partial charge in [-0.25, -0.2) is 9.38 Å². The maximum absolute atomic E-state index is 14.1. The lowest BCUT2D eigenvalue weighted by Gasteiger charge is -2.35. The van der Waals surface area contributed by atoms with Gasteiger partial charge in [0.05, 0.1) is 12.2 Å². The first kappa shape index (κ1) is 20.1. The van der Waals surface area contributed by atoms with E-state index in [-0.39, 0.29) is 5.82 Å². The Labute approximate surface area is 187 Å². The molecule has 0 unspecified atom stereocenters. The summed E-state index contributed by atoms with van der Waals surface area (Å²) in [5, 5.41) is 0. The molecule has 6 heteroatoms. The molecule has 0 aliphatic carbocycles. The van der Waals surface area contributed by atoms with Crippen LogP contribution in [0.3, 0.4) is 0 Å². The van der Waals surface area contributed by atoms with Gasteiger partial charge < -0.3 is 14.5 Å². The SMILES string of the molecule is Fc1cc(C=Cc2c#cc(N3CCN(C4=NCCO4)CC3)cc2)cc(-c2ccncc2)c1. The zero-order chi connectivity index (χ0) is 21.8. The molecule has 0 spiro atoms. The van der Waals surface area contributed by atoms with E-state index < -0.39 is 0 Å². The lowest BCUT2D eigenvalue weighted by atomic mass is 10.0. The predicted octanol–water partition coefficient (Wildman–Crippen LogP) is 4.17. The fourth-order valence-corrected chi connectivity index (χ4v) is 3.93. The molecule has 5 nitrogen and oxygen atoms in total. The number of hydrogen-bond acceptors (Lipinski definition) is 5. The molecule has 1 aromatic heterocycles. The number of ether oxygens (including phenoxy) is 1. The maximum atomic E-state index is 14.1. The predicted molar refractivity (Wildman–Crippen MR) is 125 cm³/mol. The van der Waals surface area contributed by atoms with Gasteiger partial charge in [0.2, 0.25) is 0 Å². The second-order valence-electron chi connectivity index (χ2n) is 7.75. The summed E-state index contributed by atoms with van der Waals surface area (Å²) in [7, 11) is 0. The van der Waals surface area contributed by atoms with Gasteiger partial charge in [-0.2, -0.15) is 0 Å². The first-order chi connectivity index (χ1) is 15.7. The van der Waals surface area contributed by atoms with E-state index in [0.717, 1.165) is 66.7 Å². The number of amidine groups is 1. The number of nitrogens with zero attached hydrogens (tertiary/aromatic N) is 4. The van der Waals surface area contributed by atoms with Gasteiger partial charge in [-0.3, -0.25) is 4.98 Å². The van der Waals surface area contributed by atoms with Gasteiger partial charge in [0, 0.05) is 44.1 Å². The van der Waals surface area contributed by atoms with Crippen molar-refractivity contribution in [2.75, 3.05) is 44.2 Å². The summed E-state index contributed by atoms with van der Waals surface area (Å²) < 4.78 is 19.7. The average molecular weight is 426 g/mol. The van der Waals surface area contributed by atoms with Crippen molar-refractivity contribution in [2.24, 2.45) is 4.99 Å². The van der Waals surface area contributed by atoms with Crippen molar-refractivity contribution in [3.63, 3.8) is 0 Å². The largest absolute Gasteiger partial charge is 0.463 e. The van der Waals surface area contributed by atoms with Crippen LogP contribution in [0.2, 0.25) is 0 Å². The highest BCUT2D eigenvalue weighted by Crippen LogP contribution is 2.23. The van der Waals surface area contributed by atoms with Gasteiger partial charge in [0.15, 0.2) is 0 Å². The van der Waals surface area contributed by atoms with Crippen molar-refractivity contribution in [1.82, 2.24) is 9.88 Å². The molecule has 1 saturated heterocycles. The van der Waals surface area contributed by atoms with Crippen molar-refractivity contribution in [3.8, 4) is 11.1 Å². The van der Waals surface area contributed by atoms with E-state index in [1.807, 2.05) is 36.4 Å². The third-order valence-corrected chi connectivity index (χ3v) is 5.61. The number of aromatic nitrogens is 1. The van der Waals surface area contributed by atoms with E-state index in [4.69, 9.17) is 4.74 Å². The number of anilines is 1. The van der Waals surface area contributed by atoms with Gasteiger partial charge in [-0.1, -0.05) is 12.1 Å². The third-order valence-electron chi connectivity index (χ3n) is 5.61. The Balaban J connectivity index is 1.24. The Kier molecular flexibility index (Phi) is 5.71.